The van der Waals surface area contributed by atoms with E-state index in [1.807, 2.05) is 25.1 Å². The highest BCUT2D eigenvalue weighted by molar-refractivity contribution is 7.99. The van der Waals surface area contributed by atoms with E-state index in [2.05, 4.69) is 29.0 Å². The summed E-state index contributed by atoms with van der Waals surface area (Å²) in [4.78, 5) is 18.7. The number of nitrogens with one attached hydrogen (secondary N) is 1. The van der Waals surface area contributed by atoms with E-state index in [1.54, 1.807) is 17.8 Å². The van der Waals surface area contributed by atoms with Crippen LogP contribution in [0.15, 0.2) is 46.3 Å². The van der Waals surface area contributed by atoms with E-state index in [0.717, 1.165) is 12.1 Å². The zero-order valence-electron chi connectivity index (χ0n) is 10.5. The molecule has 1 heterocycles. The van der Waals surface area contributed by atoms with Crippen LogP contribution in [0.2, 0.25) is 0 Å². The van der Waals surface area contributed by atoms with Crippen LogP contribution in [0.3, 0.4) is 0 Å². The summed E-state index contributed by atoms with van der Waals surface area (Å²) in [6, 6.07) is 11.8. The second-order valence-corrected chi connectivity index (χ2v) is 5.40. The lowest BCUT2D eigenvalue weighted by Gasteiger charge is -2.10. The minimum Gasteiger partial charge on any atom is -0.301 e. The molecule has 0 unspecified atom stereocenters. The second-order valence-electron chi connectivity index (χ2n) is 4.07. The minimum absolute atomic E-state index is 0.0791. The van der Waals surface area contributed by atoms with Crippen molar-refractivity contribution in [2.45, 2.75) is 30.7 Å². The quantitative estimate of drug-likeness (QED) is 0.678. The van der Waals surface area contributed by atoms with Gasteiger partial charge in [0.25, 0.3) is 5.56 Å². The Labute approximate surface area is 111 Å². The molecule has 1 N–H and O–H groups in total. The van der Waals surface area contributed by atoms with Crippen LogP contribution in [0, 0.1) is 0 Å². The monoisotopic (exact) mass is 260 g/mol. The number of hydrogen-bond acceptors (Lipinski definition) is 3. The summed E-state index contributed by atoms with van der Waals surface area (Å²) < 4.78 is 0. The zero-order valence-corrected chi connectivity index (χ0v) is 11.3. The lowest BCUT2D eigenvalue weighted by molar-refractivity contribution is 0.863. The van der Waals surface area contributed by atoms with Crippen LogP contribution in [-0.2, 0) is 6.42 Å². The van der Waals surface area contributed by atoms with Crippen molar-refractivity contribution < 1.29 is 0 Å². The first-order valence-corrected chi connectivity index (χ1v) is 6.89. The number of aromatic amines is 1. The molecule has 0 saturated heterocycles. The van der Waals surface area contributed by atoms with E-state index >= 15 is 0 Å². The molecule has 0 saturated carbocycles. The van der Waals surface area contributed by atoms with Gasteiger partial charge in [0.1, 0.15) is 0 Å². The predicted molar refractivity (Wildman–Crippen MR) is 74.9 cm³/mol. The fourth-order valence-electron chi connectivity index (χ4n) is 1.68. The van der Waals surface area contributed by atoms with E-state index < -0.39 is 0 Å². The molecule has 0 aliphatic heterocycles. The number of rotatable bonds is 4. The molecule has 0 amide bonds. The van der Waals surface area contributed by atoms with Crippen molar-refractivity contribution >= 4 is 11.8 Å². The first kappa shape index (κ1) is 12.9. The van der Waals surface area contributed by atoms with E-state index in [0.29, 0.717) is 5.16 Å². The summed E-state index contributed by atoms with van der Waals surface area (Å²) in [6.45, 7) is 4.11. The Morgan fingerprint density at radius 3 is 2.72 bits per heavy atom. The molecule has 2 rings (SSSR count). The molecule has 1 aromatic heterocycles. The van der Waals surface area contributed by atoms with Gasteiger partial charge in [0.15, 0.2) is 5.16 Å². The van der Waals surface area contributed by atoms with E-state index in [4.69, 9.17) is 0 Å². The Morgan fingerprint density at radius 1 is 1.33 bits per heavy atom. The van der Waals surface area contributed by atoms with E-state index in [-0.39, 0.29) is 10.8 Å². The van der Waals surface area contributed by atoms with Crippen LogP contribution in [-0.4, -0.2) is 9.97 Å². The summed E-state index contributed by atoms with van der Waals surface area (Å²) in [7, 11) is 0. The Balaban J connectivity index is 2.19. The largest absolute Gasteiger partial charge is 0.301 e. The number of thioether (sulfide) groups is 1. The molecule has 4 heteroatoms. The minimum atomic E-state index is -0.0791. The molecule has 2 aromatic rings. The molecule has 0 aliphatic carbocycles. The highest BCUT2D eigenvalue weighted by atomic mass is 32.2. The summed E-state index contributed by atoms with van der Waals surface area (Å²) in [6.07, 6.45) is 0.775. The topological polar surface area (TPSA) is 45.8 Å². The molecular weight excluding hydrogens is 244 g/mol. The van der Waals surface area contributed by atoms with Crippen LogP contribution in [0.4, 0.5) is 0 Å². The summed E-state index contributed by atoms with van der Waals surface area (Å²) >= 11 is 1.57. The molecule has 0 spiro atoms. The number of benzene rings is 1. The lowest BCUT2D eigenvalue weighted by Crippen LogP contribution is -2.09. The fraction of sp³-hybridized carbons (Fsp3) is 0.286. The van der Waals surface area contributed by atoms with Crippen molar-refractivity contribution in [2.24, 2.45) is 0 Å². The number of aromatic nitrogens is 2. The van der Waals surface area contributed by atoms with Crippen molar-refractivity contribution in [2.75, 3.05) is 0 Å². The van der Waals surface area contributed by atoms with Gasteiger partial charge in [-0.05, 0) is 18.9 Å². The van der Waals surface area contributed by atoms with Crippen LogP contribution < -0.4 is 5.56 Å². The van der Waals surface area contributed by atoms with Crippen molar-refractivity contribution in [3.05, 3.63) is 58.0 Å². The summed E-state index contributed by atoms with van der Waals surface area (Å²) in [5.41, 5.74) is 1.98. The maximum absolute atomic E-state index is 11.5. The normalized spacial score (nSPS) is 12.3. The Morgan fingerprint density at radius 2 is 2.06 bits per heavy atom. The summed E-state index contributed by atoms with van der Waals surface area (Å²) in [5.74, 6) is 0. The zero-order chi connectivity index (χ0) is 13.0. The first-order chi connectivity index (χ1) is 8.69. The third-order valence-corrected chi connectivity index (χ3v) is 3.73. The number of nitrogens with zero attached hydrogens (tertiary/aromatic N) is 1. The molecular formula is C14H16N2OS. The Kier molecular flexibility index (Phi) is 4.20. The van der Waals surface area contributed by atoms with Gasteiger partial charge >= 0.3 is 0 Å². The lowest BCUT2D eigenvalue weighted by atomic mass is 10.2. The highest BCUT2D eigenvalue weighted by Crippen LogP contribution is 2.31. The summed E-state index contributed by atoms with van der Waals surface area (Å²) in [5, 5.41) is 0.956. The average molecular weight is 260 g/mol. The number of hydrogen-bond donors (Lipinski definition) is 1. The van der Waals surface area contributed by atoms with E-state index in [9.17, 15) is 4.79 Å². The molecule has 0 aliphatic rings. The third kappa shape index (κ3) is 3.23. The van der Waals surface area contributed by atoms with Crippen molar-refractivity contribution in [1.82, 2.24) is 9.97 Å². The Hall–Kier alpha value is -1.55. The van der Waals surface area contributed by atoms with E-state index in [1.165, 1.54) is 5.56 Å². The van der Waals surface area contributed by atoms with Crippen molar-refractivity contribution in [1.29, 1.82) is 0 Å². The van der Waals surface area contributed by atoms with Crippen LogP contribution in [0.5, 0.6) is 0 Å². The van der Waals surface area contributed by atoms with Crippen molar-refractivity contribution in [3.8, 4) is 0 Å². The predicted octanol–water partition coefficient (Wildman–Crippen LogP) is 3.19. The van der Waals surface area contributed by atoms with Crippen LogP contribution in [0.1, 0.15) is 30.4 Å². The molecule has 1 aromatic carbocycles. The molecule has 94 valence electrons. The standard InChI is InChI=1S/C14H16N2OS/c1-3-12-9-13(17)16-14(15-12)18-10(2)11-7-5-4-6-8-11/h4-10H,3H2,1-2H3,(H,15,16,17)/t10-/m0/s1. The number of aryl methyl sites for hydroxylation is 1. The van der Waals surface area contributed by atoms with Gasteiger partial charge in [-0.3, -0.25) is 4.79 Å². The smallest absolute Gasteiger partial charge is 0.251 e. The molecule has 18 heavy (non-hydrogen) atoms. The van der Waals surface area contributed by atoms with Gasteiger partial charge in [0, 0.05) is 17.0 Å². The molecule has 0 bridgehead atoms. The van der Waals surface area contributed by atoms with Crippen molar-refractivity contribution in [3.63, 3.8) is 0 Å². The highest BCUT2D eigenvalue weighted by Gasteiger charge is 2.09. The fourth-order valence-corrected chi connectivity index (χ4v) is 2.64. The SMILES string of the molecule is CCc1cc(=O)[nH]c(S[C@@H](C)c2ccccc2)n1. The van der Waals surface area contributed by atoms with Gasteiger partial charge in [-0.1, -0.05) is 49.0 Å². The molecule has 3 nitrogen and oxygen atoms in total. The second kappa shape index (κ2) is 5.87. The molecule has 0 fully saturated rings. The third-order valence-electron chi connectivity index (χ3n) is 2.69. The van der Waals surface area contributed by atoms with Gasteiger partial charge in [-0.25, -0.2) is 4.98 Å². The maximum Gasteiger partial charge on any atom is 0.251 e. The Bertz CT molecular complexity index is 566. The van der Waals surface area contributed by atoms with Gasteiger partial charge in [0.05, 0.1) is 0 Å². The van der Waals surface area contributed by atoms with Gasteiger partial charge in [-0.2, -0.15) is 0 Å². The molecule has 1 atom stereocenters. The van der Waals surface area contributed by atoms with Gasteiger partial charge in [0.2, 0.25) is 0 Å². The maximum atomic E-state index is 11.5. The average Bonchev–Trinajstić information content (AvgIpc) is 2.39. The van der Waals surface area contributed by atoms with Gasteiger partial charge < -0.3 is 4.98 Å². The number of H-pyrrole nitrogens is 1. The van der Waals surface area contributed by atoms with Gasteiger partial charge in [-0.15, -0.1) is 0 Å². The van der Waals surface area contributed by atoms with Crippen LogP contribution >= 0.6 is 11.8 Å². The molecule has 0 radical (unpaired) electrons. The van der Waals surface area contributed by atoms with Crippen LogP contribution in [0.25, 0.3) is 0 Å². The first-order valence-electron chi connectivity index (χ1n) is 6.01.